The number of carbonyl (C=O) groups is 5. The highest BCUT2D eigenvalue weighted by molar-refractivity contribution is 6.02. The van der Waals surface area contributed by atoms with Crippen LogP contribution in [0.1, 0.15) is 33.6 Å². The molecule has 0 amide bonds. The van der Waals surface area contributed by atoms with Gasteiger partial charge >= 0.3 is 29.8 Å². The summed E-state index contributed by atoms with van der Waals surface area (Å²) in [5.41, 5.74) is -0.194. The molecule has 0 aromatic heterocycles. The summed E-state index contributed by atoms with van der Waals surface area (Å²) in [6.07, 6.45) is 0.395. The van der Waals surface area contributed by atoms with Gasteiger partial charge in [0.05, 0.1) is 24.0 Å². The van der Waals surface area contributed by atoms with Crippen LogP contribution in [0.3, 0.4) is 0 Å². The lowest BCUT2D eigenvalue weighted by Gasteiger charge is -2.07. The number of carboxylic acids is 3. The van der Waals surface area contributed by atoms with Crippen LogP contribution in [0, 0.1) is 0 Å². The zero-order chi connectivity index (χ0) is 20.8. The van der Waals surface area contributed by atoms with Crippen molar-refractivity contribution in [2.45, 2.75) is 12.8 Å². The lowest BCUT2D eigenvalue weighted by Crippen LogP contribution is -2.15. The Morgan fingerprint density at radius 2 is 1.33 bits per heavy atom. The largest absolute Gasteiger partial charge is 0.481 e. The lowest BCUT2D eigenvalue weighted by molar-refractivity contribution is -0.143. The number of aromatic carboxylic acids is 1. The molecule has 0 aliphatic carbocycles. The van der Waals surface area contributed by atoms with Crippen LogP contribution < -0.4 is 0 Å². The second-order valence-corrected chi connectivity index (χ2v) is 4.65. The van der Waals surface area contributed by atoms with Gasteiger partial charge in [0.1, 0.15) is 13.2 Å². The van der Waals surface area contributed by atoms with E-state index in [1.807, 2.05) is 0 Å². The lowest BCUT2D eigenvalue weighted by atomic mass is 10.1. The van der Waals surface area contributed by atoms with Gasteiger partial charge in [-0.15, -0.1) is 0 Å². The normalized spacial score (nSPS) is 9.19. The first-order chi connectivity index (χ1) is 12.7. The molecule has 3 N–H and O–H groups in total. The Kier molecular flexibility index (Phi) is 10.9. The summed E-state index contributed by atoms with van der Waals surface area (Å²) in [7, 11) is 0. The molecule has 0 unspecified atom stereocenters. The SMILES string of the molecule is C=CC(=O)OCCOC(=O)c1ccccc1C(=O)O.O=C(O)CCC(=O)O. The highest BCUT2D eigenvalue weighted by Crippen LogP contribution is 2.10. The van der Waals surface area contributed by atoms with E-state index < -0.39 is 29.8 Å². The van der Waals surface area contributed by atoms with E-state index in [0.29, 0.717) is 0 Å². The molecule has 0 saturated heterocycles. The molecule has 0 atom stereocenters. The summed E-state index contributed by atoms with van der Waals surface area (Å²) in [6.45, 7) is 2.93. The predicted octanol–water partition coefficient (Wildman–Crippen LogP) is 1.21. The fraction of sp³-hybridized carbons (Fsp3) is 0.235. The van der Waals surface area contributed by atoms with Gasteiger partial charge in [0.25, 0.3) is 0 Å². The highest BCUT2D eigenvalue weighted by atomic mass is 16.6. The second-order valence-electron chi connectivity index (χ2n) is 4.65. The summed E-state index contributed by atoms with van der Waals surface area (Å²) in [4.78, 5) is 52.5. The molecule has 0 aliphatic heterocycles. The van der Waals surface area contributed by atoms with Crippen molar-refractivity contribution in [3.05, 3.63) is 48.0 Å². The van der Waals surface area contributed by atoms with Crippen molar-refractivity contribution in [3.8, 4) is 0 Å². The van der Waals surface area contributed by atoms with Gasteiger partial charge in [-0.3, -0.25) is 9.59 Å². The third kappa shape index (κ3) is 10.7. The van der Waals surface area contributed by atoms with E-state index >= 15 is 0 Å². The number of aliphatic carboxylic acids is 2. The molecule has 0 heterocycles. The standard InChI is InChI=1S/C13H12O6.C4H6O4/c1-2-11(14)18-7-8-19-13(17)10-6-4-3-5-9(10)12(15)16;5-3(6)1-2-4(7)8/h2-6H,1,7-8H2,(H,15,16);1-2H2,(H,5,6)(H,7,8). The Morgan fingerprint density at radius 3 is 1.78 bits per heavy atom. The minimum absolute atomic E-state index is 0.0509. The van der Waals surface area contributed by atoms with E-state index in [-0.39, 0.29) is 37.2 Å². The van der Waals surface area contributed by atoms with E-state index in [4.69, 9.17) is 20.1 Å². The van der Waals surface area contributed by atoms with Crippen LogP contribution in [0.15, 0.2) is 36.9 Å². The number of benzene rings is 1. The summed E-state index contributed by atoms with van der Waals surface area (Å²) in [5, 5.41) is 24.7. The number of esters is 2. The van der Waals surface area contributed by atoms with Gasteiger partial charge in [0, 0.05) is 6.08 Å². The molecule has 1 rings (SSSR count). The molecule has 1 aromatic carbocycles. The first-order valence-electron chi connectivity index (χ1n) is 7.41. The number of hydrogen-bond donors (Lipinski definition) is 3. The number of carbonyl (C=O) groups excluding carboxylic acids is 2. The Morgan fingerprint density at radius 1 is 0.852 bits per heavy atom. The fourth-order valence-electron chi connectivity index (χ4n) is 1.47. The molecule has 0 bridgehead atoms. The molecule has 10 nitrogen and oxygen atoms in total. The summed E-state index contributed by atoms with van der Waals surface area (Å²) in [5.74, 6) is -4.78. The number of rotatable bonds is 9. The average molecular weight is 382 g/mol. The van der Waals surface area contributed by atoms with Crippen LogP contribution in [-0.2, 0) is 23.9 Å². The van der Waals surface area contributed by atoms with E-state index in [9.17, 15) is 24.0 Å². The monoisotopic (exact) mass is 382 g/mol. The van der Waals surface area contributed by atoms with Crippen molar-refractivity contribution in [1.82, 2.24) is 0 Å². The molecule has 27 heavy (non-hydrogen) atoms. The number of ether oxygens (including phenoxy) is 2. The van der Waals surface area contributed by atoms with Crippen molar-refractivity contribution in [3.63, 3.8) is 0 Å². The second kappa shape index (κ2) is 12.6. The molecule has 0 radical (unpaired) electrons. The quantitative estimate of drug-likeness (QED) is 0.321. The van der Waals surface area contributed by atoms with Crippen LogP contribution in [-0.4, -0.2) is 58.4 Å². The molecule has 146 valence electrons. The van der Waals surface area contributed by atoms with Gasteiger partial charge in [-0.1, -0.05) is 18.7 Å². The minimum Gasteiger partial charge on any atom is -0.481 e. The fourth-order valence-corrected chi connectivity index (χ4v) is 1.47. The van der Waals surface area contributed by atoms with Crippen LogP contribution in [0.5, 0.6) is 0 Å². The maximum absolute atomic E-state index is 11.6. The first-order valence-corrected chi connectivity index (χ1v) is 7.41. The molecule has 1 aromatic rings. The van der Waals surface area contributed by atoms with Gasteiger partial charge in [0.15, 0.2) is 0 Å². The van der Waals surface area contributed by atoms with Gasteiger partial charge in [-0.25, -0.2) is 14.4 Å². The minimum atomic E-state index is -1.22. The van der Waals surface area contributed by atoms with E-state index in [1.54, 1.807) is 0 Å². The molecular weight excluding hydrogens is 364 g/mol. The molecule has 0 saturated carbocycles. The molecule has 0 aliphatic rings. The van der Waals surface area contributed by atoms with Gasteiger partial charge in [0.2, 0.25) is 0 Å². The Bertz CT molecular complexity index is 693. The van der Waals surface area contributed by atoms with Crippen molar-refractivity contribution >= 4 is 29.8 Å². The van der Waals surface area contributed by atoms with Crippen LogP contribution >= 0.6 is 0 Å². The third-order valence-electron chi connectivity index (χ3n) is 2.66. The molecular formula is C17H18O10. The zero-order valence-corrected chi connectivity index (χ0v) is 14.1. The Hall–Kier alpha value is -3.69. The topological polar surface area (TPSA) is 164 Å². The maximum atomic E-state index is 11.6. The van der Waals surface area contributed by atoms with E-state index in [2.05, 4.69) is 11.3 Å². The van der Waals surface area contributed by atoms with E-state index in [1.165, 1.54) is 24.3 Å². The van der Waals surface area contributed by atoms with Crippen molar-refractivity contribution in [1.29, 1.82) is 0 Å². The molecule has 10 heteroatoms. The van der Waals surface area contributed by atoms with Gasteiger partial charge in [-0.05, 0) is 12.1 Å². The van der Waals surface area contributed by atoms with Crippen LogP contribution in [0.2, 0.25) is 0 Å². The maximum Gasteiger partial charge on any atom is 0.339 e. The smallest absolute Gasteiger partial charge is 0.339 e. The Labute approximate surface area is 153 Å². The summed E-state index contributed by atoms with van der Waals surface area (Å²) < 4.78 is 9.40. The van der Waals surface area contributed by atoms with Crippen LogP contribution in [0.4, 0.5) is 0 Å². The summed E-state index contributed by atoms with van der Waals surface area (Å²) >= 11 is 0. The zero-order valence-electron chi connectivity index (χ0n) is 14.1. The number of carboxylic acid groups (broad SMARTS) is 3. The molecule has 0 fully saturated rings. The third-order valence-corrected chi connectivity index (χ3v) is 2.66. The van der Waals surface area contributed by atoms with Gasteiger partial charge in [-0.2, -0.15) is 0 Å². The number of hydrogen-bond acceptors (Lipinski definition) is 7. The highest BCUT2D eigenvalue weighted by Gasteiger charge is 2.16. The van der Waals surface area contributed by atoms with Crippen LogP contribution in [0.25, 0.3) is 0 Å². The first kappa shape index (κ1) is 23.3. The van der Waals surface area contributed by atoms with Crippen molar-refractivity contribution in [2.75, 3.05) is 13.2 Å². The van der Waals surface area contributed by atoms with Crippen molar-refractivity contribution < 1.29 is 48.8 Å². The van der Waals surface area contributed by atoms with Gasteiger partial charge < -0.3 is 24.8 Å². The predicted molar refractivity (Wildman–Crippen MR) is 89.3 cm³/mol. The average Bonchev–Trinajstić information content (AvgIpc) is 2.63. The van der Waals surface area contributed by atoms with Crippen molar-refractivity contribution in [2.24, 2.45) is 0 Å². The summed E-state index contributed by atoms with van der Waals surface area (Å²) in [6, 6.07) is 5.69. The van der Waals surface area contributed by atoms with E-state index in [0.717, 1.165) is 6.08 Å². The molecule has 0 spiro atoms. The Balaban J connectivity index is 0.000000713.